The number of β-amino-alcohol motifs (C(OH)–C–C–N with tert-alkyl or cyclic N) is 1. The number of benzene rings is 1. The molecule has 1 atom stereocenters. The minimum Gasteiger partial charge on any atom is -0.389 e. The van der Waals surface area contributed by atoms with Crippen molar-refractivity contribution in [3.63, 3.8) is 0 Å². The smallest absolute Gasteiger partial charge is 0.0948 e. The molecule has 2 aliphatic rings. The molecule has 122 valence electrons. The summed E-state index contributed by atoms with van der Waals surface area (Å²) in [6, 6.07) is 6.01. The molecule has 1 aromatic carbocycles. The van der Waals surface area contributed by atoms with Crippen molar-refractivity contribution < 1.29 is 14.6 Å². The second kappa shape index (κ2) is 7.64. The van der Waals surface area contributed by atoms with Crippen LogP contribution in [0, 0.1) is 0 Å². The first-order valence-corrected chi connectivity index (χ1v) is 8.51. The van der Waals surface area contributed by atoms with E-state index in [0.29, 0.717) is 13.2 Å². The van der Waals surface area contributed by atoms with Gasteiger partial charge in [0.05, 0.1) is 18.8 Å². The van der Waals surface area contributed by atoms with Gasteiger partial charge in [0, 0.05) is 37.0 Å². The van der Waals surface area contributed by atoms with Crippen LogP contribution in [0.5, 0.6) is 0 Å². The lowest BCUT2D eigenvalue weighted by Gasteiger charge is -2.33. The maximum absolute atomic E-state index is 10.3. The lowest BCUT2D eigenvalue weighted by atomic mass is 10.0. The van der Waals surface area contributed by atoms with Gasteiger partial charge >= 0.3 is 0 Å². The highest BCUT2D eigenvalue weighted by Crippen LogP contribution is 2.29. The topological polar surface area (TPSA) is 41.9 Å². The molecule has 0 radical (unpaired) electrons. The van der Waals surface area contributed by atoms with E-state index in [9.17, 15) is 5.11 Å². The molecule has 4 nitrogen and oxygen atoms in total. The Labute approximate surface area is 137 Å². The van der Waals surface area contributed by atoms with Crippen LogP contribution in [0.3, 0.4) is 0 Å². The fraction of sp³-hybridized carbons (Fsp3) is 0.647. The van der Waals surface area contributed by atoms with Crippen LogP contribution in [0.15, 0.2) is 18.2 Å². The molecule has 0 amide bonds. The minimum absolute atomic E-state index is 0.232. The molecule has 0 spiro atoms. The Bertz CT molecular complexity index is 491. The zero-order valence-corrected chi connectivity index (χ0v) is 13.6. The van der Waals surface area contributed by atoms with Crippen LogP contribution in [0.2, 0.25) is 5.02 Å². The first-order chi connectivity index (χ1) is 10.7. The average Bonchev–Trinajstić information content (AvgIpc) is 2.54. The summed E-state index contributed by atoms with van der Waals surface area (Å²) in [4.78, 5) is 2.24. The SMILES string of the molecule is OC(COC1CCOCC1)CN1CCCc2cc(Cl)ccc21. The summed E-state index contributed by atoms with van der Waals surface area (Å²) in [5.74, 6) is 0. The number of aryl methyl sites for hydroxylation is 1. The molecule has 1 N–H and O–H groups in total. The van der Waals surface area contributed by atoms with E-state index in [1.165, 1.54) is 11.3 Å². The number of aliphatic hydroxyl groups is 1. The molecule has 1 unspecified atom stereocenters. The molecule has 0 aliphatic carbocycles. The molecule has 0 saturated carbocycles. The summed E-state index contributed by atoms with van der Waals surface area (Å²) in [5.41, 5.74) is 2.47. The van der Waals surface area contributed by atoms with Crippen LogP contribution in [0.25, 0.3) is 0 Å². The Hall–Kier alpha value is -0.810. The van der Waals surface area contributed by atoms with Gasteiger partial charge in [-0.25, -0.2) is 0 Å². The van der Waals surface area contributed by atoms with Gasteiger partial charge in [0.2, 0.25) is 0 Å². The van der Waals surface area contributed by atoms with Crippen molar-refractivity contribution in [1.82, 2.24) is 0 Å². The third-order valence-corrected chi connectivity index (χ3v) is 4.62. The number of halogens is 1. The van der Waals surface area contributed by atoms with Crippen LogP contribution < -0.4 is 4.90 Å². The zero-order chi connectivity index (χ0) is 15.4. The summed E-state index contributed by atoms with van der Waals surface area (Å²) in [5, 5.41) is 11.1. The molecule has 1 saturated heterocycles. The van der Waals surface area contributed by atoms with Gasteiger partial charge in [0.1, 0.15) is 0 Å². The number of rotatable bonds is 5. The lowest BCUT2D eigenvalue weighted by Crippen LogP contribution is -2.39. The highest BCUT2D eigenvalue weighted by atomic mass is 35.5. The maximum atomic E-state index is 10.3. The molecule has 1 aromatic rings. The predicted octanol–water partition coefficient (Wildman–Crippen LogP) is 2.65. The Kier molecular flexibility index (Phi) is 5.58. The molecule has 0 bridgehead atoms. The van der Waals surface area contributed by atoms with E-state index in [1.807, 2.05) is 12.1 Å². The number of hydrogen-bond acceptors (Lipinski definition) is 4. The minimum atomic E-state index is -0.468. The van der Waals surface area contributed by atoms with Crippen LogP contribution in [-0.4, -0.2) is 50.2 Å². The second-order valence-corrected chi connectivity index (χ2v) is 6.56. The normalized spacial score (nSPS) is 20.7. The van der Waals surface area contributed by atoms with E-state index in [2.05, 4.69) is 11.0 Å². The first-order valence-electron chi connectivity index (χ1n) is 8.13. The molecule has 1 fully saturated rings. The van der Waals surface area contributed by atoms with Gasteiger partial charge in [-0.1, -0.05) is 11.6 Å². The van der Waals surface area contributed by atoms with E-state index in [1.54, 1.807) is 0 Å². The van der Waals surface area contributed by atoms with Gasteiger partial charge < -0.3 is 19.5 Å². The predicted molar refractivity (Wildman–Crippen MR) is 87.8 cm³/mol. The van der Waals surface area contributed by atoms with Crippen LogP contribution >= 0.6 is 11.6 Å². The van der Waals surface area contributed by atoms with E-state index >= 15 is 0 Å². The molecule has 2 heterocycles. The van der Waals surface area contributed by atoms with Gasteiger partial charge in [0.25, 0.3) is 0 Å². The quantitative estimate of drug-likeness (QED) is 0.903. The maximum Gasteiger partial charge on any atom is 0.0948 e. The fourth-order valence-electron chi connectivity index (χ4n) is 3.23. The molecule has 5 heteroatoms. The summed E-state index contributed by atoms with van der Waals surface area (Å²) in [7, 11) is 0. The van der Waals surface area contributed by atoms with E-state index in [0.717, 1.165) is 50.5 Å². The number of anilines is 1. The Balaban J connectivity index is 1.52. The molecular formula is C17H24ClNO3. The third-order valence-electron chi connectivity index (χ3n) is 4.38. The van der Waals surface area contributed by atoms with E-state index in [4.69, 9.17) is 21.1 Å². The Morgan fingerprint density at radius 3 is 3.00 bits per heavy atom. The zero-order valence-electron chi connectivity index (χ0n) is 12.8. The van der Waals surface area contributed by atoms with Gasteiger partial charge in [-0.15, -0.1) is 0 Å². The molecule has 3 rings (SSSR count). The molecule has 0 aromatic heterocycles. The summed E-state index contributed by atoms with van der Waals surface area (Å²) in [6.07, 6.45) is 3.78. The second-order valence-electron chi connectivity index (χ2n) is 6.12. The van der Waals surface area contributed by atoms with Crippen molar-refractivity contribution in [3.8, 4) is 0 Å². The molecule has 2 aliphatic heterocycles. The van der Waals surface area contributed by atoms with Crippen molar-refractivity contribution in [2.24, 2.45) is 0 Å². The van der Waals surface area contributed by atoms with E-state index < -0.39 is 6.10 Å². The number of hydrogen-bond donors (Lipinski definition) is 1. The Morgan fingerprint density at radius 1 is 1.36 bits per heavy atom. The van der Waals surface area contributed by atoms with Crippen LogP contribution in [0.1, 0.15) is 24.8 Å². The molecule has 22 heavy (non-hydrogen) atoms. The van der Waals surface area contributed by atoms with E-state index in [-0.39, 0.29) is 6.10 Å². The average molecular weight is 326 g/mol. The standard InChI is InChI=1S/C17H24ClNO3/c18-14-3-4-17-13(10-14)2-1-7-19(17)11-15(20)12-22-16-5-8-21-9-6-16/h3-4,10,15-16,20H,1-2,5-9,11-12H2. The summed E-state index contributed by atoms with van der Waals surface area (Å²) in [6.45, 7) is 3.51. The number of ether oxygens (including phenoxy) is 2. The van der Waals surface area contributed by atoms with Crippen molar-refractivity contribution in [3.05, 3.63) is 28.8 Å². The van der Waals surface area contributed by atoms with Crippen LogP contribution in [0.4, 0.5) is 5.69 Å². The van der Waals surface area contributed by atoms with Gasteiger partial charge in [-0.2, -0.15) is 0 Å². The Morgan fingerprint density at radius 2 is 2.18 bits per heavy atom. The van der Waals surface area contributed by atoms with Gasteiger partial charge in [-0.3, -0.25) is 0 Å². The van der Waals surface area contributed by atoms with Crippen molar-refractivity contribution in [2.75, 3.05) is 37.8 Å². The first kappa shape index (κ1) is 16.1. The monoisotopic (exact) mass is 325 g/mol. The number of nitrogens with zero attached hydrogens (tertiary/aromatic N) is 1. The largest absolute Gasteiger partial charge is 0.389 e. The fourth-order valence-corrected chi connectivity index (χ4v) is 3.42. The van der Waals surface area contributed by atoms with Crippen molar-refractivity contribution in [2.45, 2.75) is 37.9 Å². The highest BCUT2D eigenvalue weighted by Gasteiger charge is 2.21. The number of fused-ring (bicyclic) bond motifs is 1. The summed E-state index contributed by atoms with van der Waals surface area (Å²) >= 11 is 6.07. The lowest BCUT2D eigenvalue weighted by molar-refractivity contribution is -0.0575. The van der Waals surface area contributed by atoms with Crippen LogP contribution in [-0.2, 0) is 15.9 Å². The molecular weight excluding hydrogens is 302 g/mol. The third kappa shape index (κ3) is 4.13. The number of aliphatic hydroxyl groups excluding tert-OH is 1. The summed E-state index contributed by atoms with van der Waals surface area (Å²) < 4.78 is 11.1. The highest BCUT2D eigenvalue weighted by molar-refractivity contribution is 6.30. The van der Waals surface area contributed by atoms with Gasteiger partial charge in [-0.05, 0) is 49.4 Å². The van der Waals surface area contributed by atoms with Gasteiger partial charge in [0.15, 0.2) is 0 Å². The van der Waals surface area contributed by atoms with Crippen molar-refractivity contribution in [1.29, 1.82) is 0 Å². The van der Waals surface area contributed by atoms with Crippen molar-refractivity contribution >= 4 is 17.3 Å².